The van der Waals surface area contributed by atoms with Gasteiger partial charge >= 0.3 is 0 Å². The van der Waals surface area contributed by atoms with Crippen molar-refractivity contribution in [3.8, 4) is 0 Å². The first kappa shape index (κ1) is 16.9. The molecule has 17 heavy (non-hydrogen) atoms. The maximum absolute atomic E-state index is 5.95. The van der Waals surface area contributed by atoms with Gasteiger partial charge in [-0.3, -0.25) is 0 Å². The van der Waals surface area contributed by atoms with Gasteiger partial charge in [0.15, 0.2) is 0 Å². The number of nitrogens with one attached hydrogen (secondary N) is 1. The minimum absolute atomic E-state index is 0.0903. The van der Waals surface area contributed by atoms with Crippen LogP contribution in [0.2, 0.25) is 0 Å². The number of hydrogen-bond donors (Lipinski definition) is 1. The third-order valence-corrected chi connectivity index (χ3v) is 3.06. The van der Waals surface area contributed by atoms with Crippen molar-refractivity contribution in [3.63, 3.8) is 0 Å². The highest BCUT2D eigenvalue weighted by Crippen LogP contribution is 2.14. The lowest BCUT2D eigenvalue weighted by Gasteiger charge is -2.27. The van der Waals surface area contributed by atoms with Gasteiger partial charge in [0.2, 0.25) is 0 Å². The number of rotatable bonds is 9. The van der Waals surface area contributed by atoms with E-state index in [4.69, 9.17) is 9.47 Å². The first-order valence-electron chi connectivity index (χ1n) is 6.68. The van der Waals surface area contributed by atoms with Crippen molar-refractivity contribution in [3.05, 3.63) is 0 Å². The number of ether oxygens (including phenoxy) is 2. The molecule has 3 nitrogen and oxygen atoms in total. The molecule has 0 aliphatic rings. The van der Waals surface area contributed by atoms with Crippen molar-refractivity contribution in [2.75, 3.05) is 20.3 Å². The Balaban J connectivity index is 3.93. The zero-order valence-electron chi connectivity index (χ0n) is 12.7. The summed E-state index contributed by atoms with van der Waals surface area (Å²) < 4.78 is 11.3. The number of hydrogen-bond acceptors (Lipinski definition) is 3. The molecule has 0 radical (unpaired) electrons. The zero-order chi connectivity index (χ0) is 13.5. The molecule has 0 amide bonds. The first-order valence-corrected chi connectivity index (χ1v) is 6.68. The molecular weight excluding hydrogens is 214 g/mol. The predicted molar refractivity (Wildman–Crippen MR) is 73.4 cm³/mol. The van der Waals surface area contributed by atoms with E-state index in [0.717, 1.165) is 19.6 Å². The summed E-state index contributed by atoms with van der Waals surface area (Å²) in [6.45, 7) is 14.6. The molecule has 0 aromatic rings. The summed E-state index contributed by atoms with van der Waals surface area (Å²) in [5.41, 5.74) is -0.0903. The van der Waals surface area contributed by atoms with Crippen molar-refractivity contribution >= 4 is 0 Å². The monoisotopic (exact) mass is 245 g/mol. The molecule has 0 aromatic heterocycles. The van der Waals surface area contributed by atoms with Gasteiger partial charge in [0, 0.05) is 26.3 Å². The molecule has 1 atom stereocenters. The van der Waals surface area contributed by atoms with Crippen LogP contribution in [-0.2, 0) is 9.47 Å². The summed E-state index contributed by atoms with van der Waals surface area (Å²) in [4.78, 5) is 0. The third-order valence-electron chi connectivity index (χ3n) is 3.06. The Morgan fingerprint density at radius 1 is 1.12 bits per heavy atom. The van der Waals surface area contributed by atoms with Gasteiger partial charge < -0.3 is 14.8 Å². The van der Waals surface area contributed by atoms with Crippen LogP contribution in [-0.4, -0.2) is 38.0 Å². The molecule has 0 spiro atoms. The van der Waals surface area contributed by atoms with Crippen molar-refractivity contribution in [2.45, 2.75) is 65.7 Å². The van der Waals surface area contributed by atoms with Gasteiger partial charge in [-0.25, -0.2) is 0 Å². The summed E-state index contributed by atoms with van der Waals surface area (Å²) in [6.07, 6.45) is 1.21. The standard InChI is InChI=1S/C14H31NO2/c1-11(2)13(10-15-12(3)4)17-9-8-14(5,6)16-7/h11-13,15H,8-10H2,1-7H3. The fourth-order valence-corrected chi connectivity index (χ4v) is 1.40. The Hall–Kier alpha value is -0.120. The van der Waals surface area contributed by atoms with E-state index in [1.165, 1.54) is 0 Å². The maximum atomic E-state index is 5.95. The lowest BCUT2D eigenvalue weighted by Crippen LogP contribution is -2.37. The van der Waals surface area contributed by atoms with Gasteiger partial charge in [0.1, 0.15) is 0 Å². The highest BCUT2D eigenvalue weighted by atomic mass is 16.5. The minimum Gasteiger partial charge on any atom is -0.379 e. The summed E-state index contributed by atoms with van der Waals surface area (Å²) in [5, 5.41) is 3.43. The van der Waals surface area contributed by atoms with Crippen LogP contribution in [0, 0.1) is 5.92 Å². The van der Waals surface area contributed by atoms with Crippen LogP contribution in [0.5, 0.6) is 0 Å². The fourth-order valence-electron chi connectivity index (χ4n) is 1.40. The van der Waals surface area contributed by atoms with E-state index in [-0.39, 0.29) is 11.7 Å². The molecule has 0 aliphatic carbocycles. The average molecular weight is 245 g/mol. The molecule has 0 aliphatic heterocycles. The van der Waals surface area contributed by atoms with Gasteiger partial charge in [-0.1, -0.05) is 27.7 Å². The molecule has 104 valence electrons. The van der Waals surface area contributed by atoms with Gasteiger partial charge in [0.05, 0.1) is 11.7 Å². The van der Waals surface area contributed by atoms with Crippen LogP contribution in [0.4, 0.5) is 0 Å². The highest BCUT2D eigenvalue weighted by Gasteiger charge is 2.19. The van der Waals surface area contributed by atoms with Gasteiger partial charge in [0.25, 0.3) is 0 Å². The van der Waals surface area contributed by atoms with Crippen LogP contribution < -0.4 is 5.32 Å². The Kier molecular flexibility index (Phi) is 8.01. The van der Waals surface area contributed by atoms with Crippen molar-refractivity contribution in [2.24, 2.45) is 5.92 Å². The molecule has 3 heteroatoms. The van der Waals surface area contributed by atoms with Crippen molar-refractivity contribution in [1.29, 1.82) is 0 Å². The van der Waals surface area contributed by atoms with Crippen LogP contribution in [0.3, 0.4) is 0 Å². The van der Waals surface area contributed by atoms with E-state index < -0.39 is 0 Å². The molecule has 1 N–H and O–H groups in total. The zero-order valence-corrected chi connectivity index (χ0v) is 12.7. The molecule has 0 aromatic carbocycles. The summed E-state index contributed by atoms with van der Waals surface area (Å²) >= 11 is 0. The topological polar surface area (TPSA) is 30.5 Å². The first-order chi connectivity index (χ1) is 7.78. The predicted octanol–water partition coefficient (Wildman–Crippen LogP) is 2.84. The van der Waals surface area contributed by atoms with Crippen LogP contribution in [0.15, 0.2) is 0 Å². The molecular formula is C14H31NO2. The van der Waals surface area contributed by atoms with Crippen molar-refractivity contribution < 1.29 is 9.47 Å². The minimum atomic E-state index is -0.0903. The Morgan fingerprint density at radius 2 is 1.71 bits per heavy atom. The quantitative estimate of drug-likeness (QED) is 0.677. The van der Waals surface area contributed by atoms with E-state index in [9.17, 15) is 0 Å². The molecule has 0 bridgehead atoms. The largest absolute Gasteiger partial charge is 0.379 e. The van der Waals surface area contributed by atoms with Crippen LogP contribution >= 0.6 is 0 Å². The van der Waals surface area contributed by atoms with Crippen LogP contribution in [0.25, 0.3) is 0 Å². The average Bonchev–Trinajstić information content (AvgIpc) is 2.22. The summed E-state index contributed by atoms with van der Waals surface area (Å²) in [7, 11) is 1.75. The smallest absolute Gasteiger partial charge is 0.0722 e. The van der Waals surface area contributed by atoms with Gasteiger partial charge in [-0.15, -0.1) is 0 Å². The van der Waals surface area contributed by atoms with E-state index in [1.807, 2.05) is 0 Å². The van der Waals surface area contributed by atoms with E-state index >= 15 is 0 Å². The van der Waals surface area contributed by atoms with E-state index in [0.29, 0.717) is 12.0 Å². The molecule has 0 heterocycles. The Morgan fingerprint density at radius 3 is 2.12 bits per heavy atom. The van der Waals surface area contributed by atoms with Crippen LogP contribution in [0.1, 0.15) is 48.0 Å². The highest BCUT2D eigenvalue weighted by molar-refractivity contribution is 4.70. The van der Waals surface area contributed by atoms with Gasteiger partial charge in [-0.05, 0) is 26.2 Å². The second kappa shape index (κ2) is 8.06. The molecule has 0 rings (SSSR count). The SMILES string of the molecule is COC(C)(C)CCOC(CNC(C)C)C(C)C. The van der Waals surface area contributed by atoms with Crippen molar-refractivity contribution in [1.82, 2.24) is 5.32 Å². The Labute approximate surface area is 107 Å². The molecule has 0 saturated heterocycles. The lowest BCUT2D eigenvalue weighted by atomic mass is 10.0. The lowest BCUT2D eigenvalue weighted by molar-refractivity contribution is -0.0367. The second-order valence-electron chi connectivity index (χ2n) is 5.93. The number of methoxy groups -OCH3 is 1. The third kappa shape index (κ3) is 8.58. The molecule has 1 unspecified atom stereocenters. The summed E-state index contributed by atoms with van der Waals surface area (Å²) in [5.74, 6) is 0.534. The fraction of sp³-hybridized carbons (Fsp3) is 1.00. The molecule has 0 fully saturated rings. The maximum Gasteiger partial charge on any atom is 0.0722 e. The summed E-state index contributed by atoms with van der Waals surface area (Å²) in [6, 6.07) is 0.510. The Bertz CT molecular complexity index is 191. The van der Waals surface area contributed by atoms with Gasteiger partial charge in [-0.2, -0.15) is 0 Å². The second-order valence-corrected chi connectivity index (χ2v) is 5.93. The van der Waals surface area contributed by atoms with E-state index in [1.54, 1.807) is 7.11 Å². The normalized spacial score (nSPS) is 14.6. The van der Waals surface area contributed by atoms with E-state index in [2.05, 4.69) is 46.9 Å². The molecule has 0 saturated carbocycles.